The molecule has 0 bridgehead atoms. The Balaban J connectivity index is 1.91. The van der Waals surface area contributed by atoms with Crippen molar-refractivity contribution in [2.75, 3.05) is 13.6 Å². The van der Waals surface area contributed by atoms with Gasteiger partial charge in [-0.1, -0.05) is 15.9 Å². The number of hydrogen-bond donors (Lipinski definition) is 1. The second kappa shape index (κ2) is 5.37. The number of fused-ring (bicyclic) bond motifs is 1. The predicted molar refractivity (Wildman–Crippen MR) is 70.7 cm³/mol. The van der Waals surface area contributed by atoms with Gasteiger partial charge in [0.2, 0.25) is 0 Å². The van der Waals surface area contributed by atoms with Crippen molar-refractivity contribution in [2.45, 2.75) is 29.4 Å². The van der Waals surface area contributed by atoms with Crippen molar-refractivity contribution in [1.82, 2.24) is 5.32 Å². The van der Waals surface area contributed by atoms with E-state index in [-0.39, 0.29) is 0 Å². The van der Waals surface area contributed by atoms with Crippen LogP contribution in [-0.2, 0) is 6.42 Å². The van der Waals surface area contributed by atoms with E-state index in [4.69, 9.17) is 0 Å². The fourth-order valence-electron chi connectivity index (χ4n) is 1.96. The molecule has 0 saturated heterocycles. The number of benzene rings is 1. The third-order valence-electron chi connectivity index (χ3n) is 2.72. The molecule has 0 radical (unpaired) electrons. The topological polar surface area (TPSA) is 12.0 Å². The summed E-state index contributed by atoms with van der Waals surface area (Å²) in [6.45, 7) is 1.14. The van der Waals surface area contributed by atoms with Crippen molar-refractivity contribution in [3.63, 3.8) is 0 Å². The van der Waals surface area contributed by atoms with Gasteiger partial charge in [-0.15, -0.1) is 11.8 Å². The van der Waals surface area contributed by atoms with Gasteiger partial charge in [0.25, 0.3) is 0 Å². The van der Waals surface area contributed by atoms with Gasteiger partial charge in [-0.05, 0) is 56.6 Å². The molecule has 1 nitrogen and oxygen atoms in total. The highest BCUT2D eigenvalue weighted by Gasteiger charge is 2.21. The van der Waals surface area contributed by atoms with Gasteiger partial charge in [-0.2, -0.15) is 0 Å². The van der Waals surface area contributed by atoms with Gasteiger partial charge >= 0.3 is 0 Å². The van der Waals surface area contributed by atoms with Crippen LogP contribution in [0.25, 0.3) is 0 Å². The lowest BCUT2D eigenvalue weighted by Gasteiger charge is -2.06. The number of thioether (sulfide) groups is 1. The Hall–Kier alpha value is 0.01000. The summed E-state index contributed by atoms with van der Waals surface area (Å²) in [5.41, 5.74) is 1.52. The number of rotatable bonds is 4. The molecule has 0 aromatic heterocycles. The first-order chi connectivity index (χ1) is 7.29. The zero-order valence-corrected chi connectivity index (χ0v) is 11.3. The molecule has 3 heteroatoms. The normalized spacial score (nSPS) is 19.2. The van der Waals surface area contributed by atoms with E-state index in [1.54, 1.807) is 0 Å². The maximum Gasteiger partial charge on any atom is 0.0178 e. The molecular weight excluding hydrogens is 270 g/mol. The first-order valence-electron chi connectivity index (χ1n) is 5.39. The van der Waals surface area contributed by atoms with Gasteiger partial charge in [0.05, 0.1) is 0 Å². The van der Waals surface area contributed by atoms with E-state index in [9.17, 15) is 0 Å². The van der Waals surface area contributed by atoms with E-state index >= 15 is 0 Å². The summed E-state index contributed by atoms with van der Waals surface area (Å²) < 4.78 is 1.21. The van der Waals surface area contributed by atoms with Crippen LogP contribution in [0.15, 0.2) is 27.6 Å². The summed E-state index contributed by atoms with van der Waals surface area (Å²) in [6.07, 6.45) is 3.84. The van der Waals surface area contributed by atoms with Crippen LogP contribution in [-0.4, -0.2) is 18.8 Å². The molecule has 2 rings (SSSR count). The molecule has 0 amide bonds. The fraction of sp³-hybridized carbons (Fsp3) is 0.500. The molecule has 0 spiro atoms. The van der Waals surface area contributed by atoms with E-state index in [2.05, 4.69) is 39.4 Å². The van der Waals surface area contributed by atoms with Crippen molar-refractivity contribution in [3.8, 4) is 0 Å². The Morgan fingerprint density at radius 2 is 2.40 bits per heavy atom. The van der Waals surface area contributed by atoms with Crippen LogP contribution in [0.4, 0.5) is 0 Å². The summed E-state index contributed by atoms with van der Waals surface area (Å²) in [4.78, 5) is 1.48. The highest BCUT2D eigenvalue weighted by molar-refractivity contribution is 9.10. The molecule has 1 aliphatic rings. The summed E-state index contributed by atoms with van der Waals surface area (Å²) in [6, 6.07) is 6.64. The van der Waals surface area contributed by atoms with Crippen LogP contribution < -0.4 is 5.32 Å². The Labute approximate surface area is 104 Å². The highest BCUT2D eigenvalue weighted by atomic mass is 79.9. The van der Waals surface area contributed by atoms with Crippen LogP contribution in [0.2, 0.25) is 0 Å². The molecule has 1 heterocycles. The summed E-state index contributed by atoms with van der Waals surface area (Å²) in [5, 5.41) is 4.00. The summed E-state index contributed by atoms with van der Waals surface area (Å²) >= 11 is 5.58. The molecule has 82 valence electrons. The van der Waals surface area contributed by atoms with Crippen LogP contribution in [0.5, 0.6) is 0 Å². The van der Waals surface area contributed by atoms with E-state index in [0.717, 1.165) is 11.8 Å². The van der Waals surface area contributed by atoms with Crippen molar-refractivity contribution in [2.24, 2.45) is 0 Å². The molecule has 15 heavy (non-hydrogen) atoms. The summed E-state index contributed by atoms with van der Waals surface area (Å²) in [5.74, 6) is 0. The van der Waals surface area contributed by atoms with Crippen molar-refractivity contribution in [1.29, 1.82) is 0 Å². The van der Waals surface area contributed by atoms with E-state index < -0.39 is 0 Å². The average molecular weight is 286 g/mol. The molecule has 0 aliphatic carbocycles. The van der Waals surface area contributed by atoms with Gasteiger partial charge in [-0.3, -0.25) is 0 Å². The minimum absolute atomic E-state index is 0.794. The SMILES string of the molecule is CNCCCC1Cc2cc(Br)ccc2S1. The molecule has 1 N–H and O–H groups in total. The average Bonchev–Trinajstić information content (AvgIpc) is 2.60. The van der Waals surface area contributed by atoms with Gasteiger partial charge in [0.1, 0.15) is 0 Å². The Morgan fingerprint density at radius 1 is 1.53 bits per heavy atom. The van der Waals surface area contributed by atoms with Crippen LogP contribution in [0.3, 0.4) is 0 Å². The molecule has 1 unspecified atom stereocenters. The molecule has 1 aromatic carbocycles. The van der Waals surface area contributed by atoms with Crippen LogP contribution in [0, 0.1) is 0 Å². The zero-order chi connectivity index (χ0) is 10.7. The molecule has 1 atom stereocenters. The first-order valence-corrected chi connectivity index (χ1v) is 7.06. The molecular formula is C12H16BrNS. The third kappa shape index (κ3) is 2.99. The maximum absolute atomic E-state index is 3.53. The quantitative estimate of drug-likeness (QED) is 0.851. The number of halogens is 1. The van der Waals surface area contributed by atoms with Crippen molar-refractivity contribution >= 4 is 27.7 Å². The minimum atomic E-state index is 0.794. The number of hydrogen-bond acceptors (Lipinski definition) is 2. The second-order valence-electron chi connectivity index (χ2n) is 3.94. The molecule has 0 saturated carbocycles. The van der Waals surface area contributed by atoms with E-state index in [0.29, 0.717) is 0 Å². The third-order valence-corrected chi connectivity index (χ3v) is 4.60. The smallest absolute Gasteiger partial charge is 0.0178 e. The lowest BCUT2D eigenvalue weighted by molar-refractivity contribution is 0.657. The second-order valence-corrected chi connectivity index (χ2v) is 6.20. The fourth-order valence-corrected chi connectivity index (χ4v) is 3.71. The zero-order valence-electron chi connectivity index (χ0n) is 8.92. The van der Waals surface area contributed by atoms with E-state index in [1.165, 1.54) is 34.2 Å². The molecule has 0 fully saturated rings. The van der Waals surface area contributed by atoms with E-state index in [1.807, 2.05) is 18.8 Å². The lowest BCUT2D eigenvalue weighted by Crippen LogP contribution is -2.10. The molecule has 1 aliphatic heterocycles. The van der Waals surface area contributed by atoms with Gasteiger partial charge in [0, 0.05) is 14.6 Å². The largest absolute Gasteiger partial charge is 0.320 e. The van der Waals surface area contributed by atoms with Crippen LogP contribution >= 0.6 is 27.7 Å². The minimum Gasteiger partial charge on any atom is -0.320 e. The monoisotopic (exact) mass is 285 g/mol. The Bertz CT molecular complexity index is 340. The first kappa shape index (κ1) is 11.5. The number of nitrogens with one attached hydrogen (secondary N) is 1. The summed E-state index contributed by atoms with van der Waals surface area (Å²) in [7, 11) is 2.02. The van der Waals surface area contributed by atoms with Gasteiger partial charge in [0.15, 0.2) is 0 Å². The Morgan fingerprint density at radius 3 is 3.20 bits per heavy atom. The lowest BCUT2D eigenvalue weighted by atomic mass is 10.1. The van der Waals surface area contributed by atoms with Crippen LogP contribution in [0.1, 0.15) is 18.4 Å². The predicted octanol–water partition coefficient (Wildman–Crippen LogP) is 3.47. The van der Waals surface area contributed by atoms with Gasteiger partial charge in [-0.25, -0.2) is 0 Å². The highest BCUT2D eigenvalue weighted by Crippen LogP contribution is 2.39. The molecule has 1 aromatic rings. The Kier molecular flexibility index (Phi) is 4.12. The van der Waals surface area contributed by atoms with Crippen molar-refractivity contribution < 1.29 is 0 Å². The van der Waals surface area contributed by atoms with Crippen molar-refractivity contribution in [3.05, 3.63) is 28.2 Å². The maximum atomic E-state index is 3.53. The van der Waals surface area contributed by atoms with Gasteiger partial charge < -0.3 is 5.32 Å². The standard InChI is InChI=1S/C12H16BrNS/c1-14-6-2-3-11-8-9-7-10(13)4-5-12(9)15-11/h4-5,7,11,14H,2-3,6,8H2,1H3.